The van der Waals surface area contributed by atoms with Gasteiger partial charge in [0.25, 0.3) is 5.91 Å². The number of para-hydroxylation sites is 1. The molecule has 5 heteroatoms. The molecule has 2 aromatic rings. The summed E-state index contributed by atoms with van der Waals surface area (Å²) in [6.07, 6.45) is 0. The van der Waals surface area contributed by atoms with Crippen molar-refractivity contribution in [3.8, 4) is 5.75 Å². The van der Waals surface area contributed by atoms with Gasteiger partial charge in [0.05, 0.1) is 11.1 Å². The van der Waals surface area contributed by atoms with Crippen LogP contribution in [0.1, 0.15) is 18.5 Å². The van der Waals surface area contributed by atoms with E-state index in [1.165, 1.54) is 0 Å². The molecule has 21 heavy (non-hydrogen) atoms. The maximum atomic E-state index is 11.9. The zero-order valence-electron chi connectivity index (χ0n) is 11.5. The average Bonchev–Trinajstić information content (AvgIpc) is 2.46. The van der Waals surface area contributed by atoms with Gasteiger partial charge in [0.1, 0.15) is 5.75 Å². The molecule has 3 nitrogen and oxygen atoms in total. The van der Waals surface area contributed by atoms with E-state index in [9.17, 15) is 4.79 Å². The molecule has 0 saturated heterocycles. The third kappa shape index (κ3) is 4.76. The van der Waals surface area contributed by atoms with E-state index < -0.39 is 0 Å². The Bertz CT molecular complexity index is 633. The molecule has 1 atom stereocenters. The molecule has 0 spiro atoms. The Balaban J connectivity index is 1.89. The summed E-state index contributed by atoms with van der Waals surface area (Å²) in [5.74, 6) is 0.312. The topological polar surface area (TPSA) is 38.3 Å². The van der Waals surface area contributed by atoms with Crippen LogP contribution >= 0.6 is 27.5 Å². The molecular weight excluding hydrogens is 354 g/mol. The van der Waals surface area contributed by atoms with E-state index >= 15 is 0 Å². The van der Waals surface area contributed by atoms with Gasteiger partial charge in [-0.25, -0.2) is 0 Å². The summed E-state index contributed by atoms with van der Waals surface area (Å²) in [5.41, 5.74) is 1.02. The molecule has 0 unspecified atom stereocenters. The van der Waals surface area contributed by atoms with Crippen molar-refractivity contribution >= 4 is 33.4 Å². The number of carbonyl (C=O) groups excluding carboxylic acids is 1. The number of carbonyl (C=O) groups is 1. The number of ether oxygens (including phenoxy) is 1. The molecule has 0 fully saturated rings. The van der Waals surface area contributed by atoms with Crippen molar-refractivity contribution < 1.29 is 9.53 Å². The molecule has 2 aromatic carbocycles. The second-order valence-electron chi connectivity index (χ2n) is 4.56. The first-order chi connectivity index (χ1) is 10.1. The van der Waals surface area contributed by atoms with Gasteiger partial charge in [0.2, 0.25) is 0 Å². The molecule has 0 bridgehead atoms. The maximum absolute atomic E-state index is 11.9. The van der Waals surface area contributed by atoms with E-state index in [-0.39, 0.29) is 18.6 Å². The highest BCUT2D eigenvalue weighted by Crippen LogP contribution is 2.23. The van der Waals surface area contributed by atoms with Crippen molar-refractivity contribution in [1.82, 2.24) is 5.32 Å². The van der Waals surface area contributed by atoms with Crippen molar-refractivity contribution in [2.24, 2.45) is 0 Å². The van der Waals surface area contributed by atoms with Gasteiger partial charge in [0, 0.05) is 4.47 Å². The van der Waals surface area contributed by atoms with Gasteiger partial charge in [-0.2, -0.15) is 0 Å². The first-order valence-electron chi connectivity index (χ1n) is 6.48. The van der Waals surface area contributed by atoms with E-state index in [0.717, 1.165) is 10.0 Å². The summed E-state index contributed by atoms with van der Waals surface area (Å²) in [5, 5.41) is 3.38. The first-order valence-corrected chi connectivity index (χ1v) is 7.65. The lowest BCUT2D eigenvalue weighted by Crippen LogP contribution is -2.31. The molecule has 2 rings (SSSR count). The van der Waals surface area contributed by atoms with Crippen molar-refractivity contribution in [2.75, 3.05) is 6.61 Å². The van der Waals surface area contributed by atoms with Crippen molar-refractivity contribution in [1.29, 1.82) is 0 Å². The lowest BCUT2D eigenvalue weighted by Gasteiger charge is -2.15. The number of benzene rings is 2. The lowest BCUT2D eigenvalue weighted by atomic mass is 10.1. The molecule has 0 radical (unpaired) electrons. The fraction of sp³-hybridized carbons (Fsp3) is 0.188. The molecule has 0 aromatic heterocycles. The zero-order valence-corrected chi connectivity index (χ0v) is 13.8. The van der Waals surface area contributed by atoms with Gasteiger partial charge >= 0.3 is 0 Å². The molecule has 1 amide bonds. The Kier molecular flexibility index (Phi) is 5.65. The molecule has 0 saturated carbocycles. The quantitative estimate of drug-likeness (QED) is 0.851. The predicted molar refractivity (Wildman–Crippen MR) is 87.6 cm³/mol. The number of hydrogen-bond donors (Lipinski definition) is 1. The third-order valence-electron chi connectivity index (χ3n) is 2.92. The fourth-order valence-corrected chi connectivity index (χ4v) is 2.45. The summed E-state index contributed by atoms with van der Waals surface area (Å²) in [6, 6.07) is 14.8. The molecule has 0 aliphatic carbocycles. The van der Waals surface area contributed by atoms with Crippen LogP contribution in [-0.4, -0.2) is 12.5 Å². The van der Waals surface area contributed by atoms with Crippen LogP contribution < -0.4 is 10.1 Å². The monoisotopic (exact) mass is 367 g/mol. The van der Waals surface area contributed by atoms with Crippen LogP contribution in [0.4, 0.5) is 0 Å². The van der Waals surface area contributed by atoms with E-state index in [4.69, 9.17) is 16.3 Å². The highest BCUT2D eigenvalue weighted by molar-refractivity contribution is 9.10. The smallest absolute Gasteiger partial charge is 0.258 e. The van der Waals surface area contributed by atoms with E-state index in [1.807, 2.05) is 43.3 Å². The molecule has 1 N–H and O–H groups in total. The number of halogens is 2. The van der Waals surface area contributed by atoms with Crippen molar-refractivity contribution in [3.05, 3.63) is 63.6 Å². The minimum absolute atomic E-state index is 0.0674. The summed E-state index contributed by atoms with van der Waals surface area (Å²) in [4.78, 5) is 11.9. The van der Waals surface area contributed by atoms with E-state index in [2.05, 4.69) is 21.2 Å². The zero-order chi connectivity index (χ0) is 15.2. The van der Waals surface area contributed by atoms with Gasteiger partial charge in [-0.3, -0.25) is 4.79 Å². The Morgan fingerprint density at radius 1 is 1.29 bits per heavy atom. The van der Waals surface area contributed by atoms with Gasteiger partial charge in [-0.15, -0.1) is 0 Å². The van der Waals surface area contributed by atoms with Crippen LogP contribution in [0.3, 0.4) is 0 Å². The van der Waals surface area contributed by atoms with Crippen molar-refractivity contribution in [3.63, 3.8) is 0 Å². The van der Waals surface area contributed by atoms with E-state index in [0.29, 0.717) is 10.8 Å². The van der Waals surface area contributed by atoms with Gasteiger partial charge in [-0.05, 0) is 36.8 Å². The van der Waals surface area contributed by atoms with Gasteiger partial charge < -0.3 is 10.1 Å². The van der Waals surface area contributed by atoms with E-state index in [1.54, 1.807) is 12.1 Å². The highest BCUT2D eigenvalue weighted by Gasteiger charge is 2.11. The Labute approximate surface area is 137 Å². The number of nitrogens with one attached hydrogen (secondary N) is 1. The van der Waals surface area contributed by atoms with Crippen LogP contribution in [0.25, 0.3) is 0 Å². The summed E-state index contributed by atoms with van der Waals surface area (Å²) >= 11 is 9.38. The Morgan fingerprint density at radius 3 is 2.76 bits per heavy atom. The molecule has 110 valence electrons. The van der Waals surface area contributed by atoms with Gasteiger partial charge in [0.15, 0.2) is 6.61 Å². The van der Waals surface area contributed by atoms with Crippen LogP contribution in [-0.2, 0) is 4.79 Å². The molecule has 0 aliphatic rings. The SMILES string of the molecule is C[C@H](NC(=O)COc1ccccc1Cl)c1cccc(Br)c1. The first kappa shape index (κ1) is 15.9. The second kappa shape index (κ2) is 7.48. The predicted octanol–water partition coefficient (Wildman–Crippen LogP) is 4.36. The van der Waals surface area contributed by atoms with Crippen molar-refractivity contribution in [2.45, 2.75) is 13.0 Å². The molecular formula is C16H15BrClNO2. The largest absolute Gasteiger partial charge is 0.482 e. The van der Waals surface area contributed by atoms with Crippen LogP contribution in [0.2, 0.25) is 5.02 Å². The second-order valence-corrected chi connectivity index (χ2v) is 5.89. The Morgan fingerprint density at radius 2 is 2.05 bits per heavy atom. The standard InChI is InChI=1S/C16H15BrClNO2/c1-11(12-5-4-6-13(17)9-12)19-16(20)10-21-15-8-3-2-7-14(15)18/h2-9,11H,10H2,1H3,(H,19,20)/t11-/m0/s1. The Hall–Kier alpha value is -1.52. The molecule has 0 aliphatic heterocycles. The van der Waals surface area contributed by atoms with Gasteiger partial charge in [-0.1, -0.05) is 51.8 Å². The minimum atomic E-state index is -0.192. The number of rotatable bonds is 5. The summed E-state index contributed by atoms with van der Waals surface area (Å²) in [7, 11) is 0. The third-order valence-corrected chi connectivity index (χ3v) is 3.73. The number of hydrogen-bond acceptors (Lipinski definition) is 2. The molecule has 0 heterocycles. The van der Waals surface area contributed by atoms with Crippen LogP contribution in [0.5, 0.6) is 5.75 Å². The normalized spacial score (nSPS) is 11.8. The maximum Gasteiger partial charge on any atom is 0.258 e. The lowest BCUT2D eigenvalue weighted by molar-refractivity contribution is -0.123. The summed E-state index contributed by atoms with van der Waals surface area (Å²) in [6.45, 7) is 1.86. The average molecular weight is 369 g/mol. The van der Waals surface area contributed by atoms with Crippen LogP contribution in [0.15, 0.2) is 53.0 Å². The number of amides is 1. The van der Waals surface area contributed by atoms with Crippen LogP contribution in [0, 0.1) is 0 Å². The highest BCUT2D eigenvalue weighted by atomic mass is 79.9. The fourth-order valence-electron chi connectivity index (χ4n) is 1.85. The summed E-state index contributed by atoms with van der Waals surface area (Å²) < 4.78 is 6.39. The minimum Gasteiger partial charge on any atom is -0.482 e.